The van der Waals surface area contributed by atoms with Crippen LogP contribution in [0.25, 0.3) is 11.3 Å². The van der Waals surface area contributed by atoms with E-state index in [9.17, 15) is 4.79 Å². The first-order valence-corrected chi connectivity index (χ1v) is 14.4. The molecule has 0 unspecified atom stereocenters. The van der Waals surface area contributed by atoms with E-state index in [1.165, 1.54) is 16.7 Å². The van der Waals surface area contributed by atoms with E-state index in [1.54, 1.807) is 16.8 Å². The minimum atomic E-state index is 0.134. The molecule has 0 saturated heterocycles. The van der Waals surface area contributed by atoms with Crippen molar-refractivity contribution >= 4 is 29.9 Å². The zero-order chi connectivity index (χ0) is 27.5. The summed E-state index contributed by atoms with van der Waals surface area (Å²) in [4.78, 5) is 18.0. The highest BCUT2D eigenvalue weighted by Gasteiger charge is 2.14. The molecular formula is C31H41N5OS. The van der Waals surface area contributed by atoms with Crippen molar-refractivity contribution in [3.05, 3.63) is 83.6 Å². The maximum atomic E-state index is 11.7. The second kappa shape index (κ2) is 14.0. The van der Waals surface area contributed by atoms with Gasteiger partial charge in [0.05, 0.1) is 24.1 Å². The Hall–Kier alpha value is -3.32. The van der Waals surface area contributed by atoms with Crippen LogP contribution in [0.5, 0.6) is 0 Å². The Bertz CT molecular complexity index is 1170. The molecule has 1 aromatic heterocycles. The van der Waals surface area contributed by atoms with Crippen molar-refractivity contribution in [2.45, 2.75) is 58.9 Å². The Balaban J connectivity index is 1.60. The van der Waals surface area contributed by atoms with Crippen LogP contribution < -0.4 is 4.72 Å². The summed E-state index contributed by atoms with van der Waals surface area (Å²) in [6, 6.07) is 21.3. The molecule has 2 aromatic carbocycles. The number of benzene rings is 2. The normalized spacial score (nSPS) is 11.8. The van der Waals surface area contributed by atoms with E-state index in [0.29, 0.717) is 13.1 Å². The lowest BCUT2D eigenvalue weighted by atomic mass is 9.87. The third-order valence-corrected chi connectivity index (χ3v) is 6.86. The van der Waals surface area contributed by atoms with Gasteiger partial charge in [0, 0.05) is 31.8 Å². The van der Waals surface area contributed by atoms with Gasteiger partial charge in [0.2, 0.25) is 6.41 Å². The van der Waals surface area contributed by atoms with Crippen LogP contribution in [0.3, 0.4) is 0 Å². The molecule has 6 nitrogen and oxygen atoms in total. The van der Waals surface area contributed by atoms with E-state index in [1.807, 2.05) is 43.6 Å². The summed E-state index contributed by atoms with van der Waals surface area (Å²) < 4.78 is 3.19. The molecule has 0 spiro atoms. The molecule has 0 fully saturated rings. The first kappa shape index (κ1) is 29.2. The maximum Gasteiger partial charge on any atom is 0.215 e. The fourth-order valence-electron chi connectivity index (χ4n) is 4.21. The quantitative estimate of drug-likeness (QED) is 0.0898. The van der Waals surface area contributed by atoms with E-state index >= 15 is 0 Å². The van der Waals surface area contributed by atoms with Gasteiger partial charge in [0.15, 0.2) is 0 Å². The van der Waals surface area contributed by atoms with Gasteiger partial charge in [-0.2, -0.15) is 5.10 Å². The number of pyridine rings is 1. The third-order valence-electron chi connectivity index (χ3n) is 6.42. The van der Waals surface area contributed by atoms with Crippen molar-refractivity contribution in [3.63, 3.8) is 0 Å². The van der Waals surface area contributed by atoms with Gasteiger partial charge >= 0.3 is 0 Å². The molecule has 38 heavy (non-hydrogen) atoms. The van der Waals surface area contributed by atoms with Gasteiger partial charge in [0.25, 0.3) is 0 Å². The van der Waals surface area contributed by atoms with Crippen molar-refractivity contribution in [3.8, 4) is 11.3 Å². The Labute approximate surface area is 232 Å². The van der Waals surface area contributed by atoms with Crippen LogP contribution in [0.1, 0.15) is 57.2 Å². The molecule has 0 saturated carbocycles. The molecule has 1 heterocycles. The van der Waals surface area contributed by atoms with Crippen LogP contribution in [-0.2, 0) is 23.2 Å². The number of anilines is 1. The molecule has 7 heteroatoms. The van der Waals surface area contributed by atoms with E-state index < -0.39 is 0 Å². The van der Waals surface area contributed by atoms with Crippen molar-refractivity contribution in [2.24, 2.45) is 5.10 Å². The largest absolute Gasteiger partial charge is 0.329 e. The van der Waals surface area contributed by atoms with Crippen LogP contribution in [0.15, 0.2) is 72.0 Å². The number of hydrazone groups is 1. The third kappa shape index (κ3) is 8.62. The zero-order valence-corrected chi connectivity index (χ0v) is 24.4. The number of aromatic nitrogens is 1. The first-order valence-electron chi connectivity index (χ1n) is 13.2. The highest BCUT2D eigenvalue weighted by atomic mass is 32.2. The molecule has 0 aliphatic rings. The van der Waals surface area contributed by atoms with Crippen LogP contribution in [-0.4, -0.2) is 47.0 Å². The zero-order valence-electron chi connectivity index (χ0n) is 23.6. The van der Waals surface area contributed by atoms with Gasteiger partial charge < -0.3 is 9.62 Å². The summed E-state index contributed by atoms with van der Waals surface area (Å²) in [6.07, 6.45) is 7.28. The minimum Gasteiger partial charge on any atom is -0.329 e. The van der Waals surface area contributed by atoms with Crippen molar-refractivity contribution in [1.82, 2.24) is 14.9 Å². The molecule has 202 valence electrons. The minimum absolute atomic E-state index is 0.134. The summed E-state index contributed by atoms with van der Waals surface area (Å²) in [7, 11) is 1.97. The maximum absolute atomic E-state index is 11.7. The van der Waals surface area contributed by atoms with Gasteiger partial charge in [-0.3, -0.25) is 14.8 Å². The van der Waals surface area contributed by atoms with Gasteiger partial charge in [-0.05, 0) is 54.0 Å². The predicted molar refractivity (Wildman–Crippen MR) is 162 cm³/mol. The van der Waals surface area contributed by atoms with Crippen LogP contribution in [0, 0.1) is 0 Å². The number of amidine groups is 1. The number of rotatable bonds is 12. The lowest BCUT2D eigenvalue weighted by Crippen LogP contribution is -2.31. The van der Waals surface area contributed by atoms with E-state index in [-0.39, 0.29) is 5.41 Å². The number of hydrogen-bond acceptors (Lipinski definition) is 6. The SMILES string of the molecule is CCN(C=O)/C(CCCc1ccc(-c2ccc(NSC)cn2)cc1)=N\N(C)Cc1ccc(C(C)(C)C)cc1. The van der Waals surface area contributed by atoms with Crippen molar-refractivity contribution in [2.75, 3.05) is 24.6 Å². The summed E-state index contributed by atoms with van der Waals surface area (Å²) >= 11 is 1.55. The first-order chi connectivity index (χ1) is 18.2. The summed E-state index contributed by atoms with van der Waals surface area (Å²) in [5, 5.41) is 6.75. The summed E-state index contributed by atoms with van der Waals surface area (Å²) in [6.45, 7) is 9.93. The number of amides is 1. The Morgan fingerprint density at radius 1 is 1.03 bits per heavy atom. The average molecular weight is 532 g/mol. The Morgan fingerprint density at radius 2 is 1.71 bits per heavy atom. The molecule has 1 amide bonds. The topological polar surface area (TPSA) is 60.8 Å². The lowest BCUT2D eigenvalue weighted by molar-refractivity contribution is -0.114. The second-order valence-electron chi connectivity index (χ2n) is 10.5. The number of nitrogens with one attached hydrogen (secondary N) is 1. The van der Waals surface area contributed by atoms with Crippen LogP contribution in [0.4, 0.5) is 5.69 Å². The fourth-order valence-corrected chi connectivity index (χ4v) is 4.57. The van der Waals surface area contributed by atoms with Gasteiger partial charge in [0.1, 0.15) is 5.84 Å². The highest BCUT2D eigenvalue weighted by Crippen LogP contribution is 2.23. The number of carbonyl (C=O) groups is 1. The highest BCUT2D eigenvalue weighted by molar-refractivity contribution is 7.99. The lowest BCUT2D eigenvalue weighted by Gasteiger charge is -2.22. The molecule has 0 aliphatic heterocycles. The molecule has 0 atom stereocenters. The number of aryl methyl sites for hydroxylation is 1. The monoisotopic (exact) mass is 531 g/mol. The molecule has 3 rings (SSSR count). The standard InChI is InChI=1S/C31H41N5OS/c1-7-36(23-37)30(33-35(5)22-25-13-17-27(18-14-25)31(2,3)4)10-8-9-24-11-15-26(16-12-24)29-20-19-28(21-32-29)34-38-6/h11-21,23,34H,7-10,22H2,1-6H3/b33-30-. The van der Waals surface area contributed by atoms with Crippen molar-refractivity contribution in [1.29, 1.82) is 0 Å². The predicted octanol–water partition coefficient (Wildman–Crippen LogP) is 6.98. The number of nitrogens with zero attached hydrogens (tertiary/aromatic N) is 4. The van der Waals surface area contributed by atoms with E-state index in [4.69, 9.17) is 5.10 Å². The van der Waals surface area contributed by atoms with E-state index in [0.717, 1.165) is 48.5 Å². The summed E-state index contributed by atoms with van der Waals surface area (Å²) in [5.41, 5.74) is 6.96. The molecule has 0 bridgehead atoms. The van der Waals surface area contributed by atoms with E-state index in [2.05, 4.69) is 79.0 Å². The smallest absolute Gasteiger partial charge is 0.215 e. The van der Waals surface area contributed by atoms with Crippen molar-refractivity contribution < 1.29 is 4.79 Å². The Morgan fingerprint density at radius 3 is 2.26 bits per heavy atom. The molecule has 0 aliphatic carbocycles. The molecule has 0 radical (unpaired) electrons. The number of carbonyl (C=O) groups excluding carboxylic acids is 1. The van der Waals surface area contributed by atoms with Gasteiger partial charge in [-0.25, -0.2) is 0 Å². The average Bonchev–Trinajstić information content (AvgIpc) is 2.90. The van der Waals surface area contributed by atoms with Crippen LogP contribution in [0.2, 0.25) is 0 Å². The number of hydrogen-bond donors (Lipinski definition) is 1. The molecular weight excluding hydrogens is 490 g/mol. The molecule has 1 N–H and O–H groups in total. The Kier molecular flexibility index (Phi) is 10.8. The fraction of sp³-hybridized carbons (Fsp3) is 0.387. The summed E-state index contributed by atoms with van der Waals surface area (Å²) in [5.74, 6) is 0.802. The van der Waals surface area contributed by atoms with Gasteiger partial charge in [-0.15, -0.1) is 0 Å². The second-order valence-corrected chi connectivity index (χ2v) is 11.1. The van der Waals surface area contributed by atoms with Crippen LogP contribution >= 0.6 is 11.9 Å². The van der Waals surface area contributed by atoms with Gasteiger partial charge in [-0.1, -0.05) is 81.3 Å². The molecule has 3 aromatic rings.